The molecular weight excluding hydrogens is 208 g/mol. The van der Waals surface area contributed by atoms with Crippen LogP contribution in [0.1, 0.15) is 33.1 Å². The number of benzene rings is 1. The third-order valence-corrected chi connectivity index (χ3v) is 3.08. The molecule has 2 heteroatoms. The van der Waals surface area contributed by atoms with Crippen LogP contribution in [0.15, 0.2) is 36.7 Å². The van der Waals surface area contributed by atoms with Crippen LogP contribution in [0.3, 0.4) is 0 Å². The topological polar surface area (TPSA) is 24.9 Å². The summed E-state index contributed by atoms with van der Waals surface area (Å²) in [7, 11) is 0. The maximum Gasteiger partial charge on any atom is 0.0437 e. The Bertz CT molecular complexity index is 474. The highest BCUT2D eigenvalue weighted by Crippen LogP contribution is 2.23. The first-order chi connectivity index (χ1) is 8.31. The van der Waals surface area contributed by atoms with Crippen LogP contribution in [0, 0.1) is 0 Å². The van der Waals surface area contributed by atoms with Gasteiger partial charge in [0.15, 0.2) is 0 Å². The minimum atomic E-state index is 0.515. The van der Waals surface area contributed by atoms with Gasteiger partial charge in [0.05, 0.1) is 0 Å². The van der Waals surface area contributed by atoms with E-state index in [1.54, 1.807) is 0 Å². The maximum absolute atomic E-state index is 4.20. The van der Waals surface area contributed by atoms with Gasteiger partial charge in [-0.3, -0.25) is 4.98 Å². The standard InChI is InChI=1S/C15H20N2/c1-3-4-6-12(2)17-15-8-5-7-13-9-10-16-11-14(13)15/h5,7-12,17H,3-4,6H2,1-2H3. The fraction of sp³-hybridized carbons (Fsp3) is 0.400. The Morgan fingerprint density at radius 1 is 1.29 bits per heavy atom. The third kappa shape index (κ3) is 2.96. The molecule has 0 bridgehead atoms. The summed E-state index contributed by atoms with van der Waals surface area (Å²) >= 11 is 0. The molecule has 0 radical (unpaired) electrons. The third-order valence-electron chi connectivity index (χ3n) is 3.08. The monoisotopic (exact) mass is 228 g/mol. The van der Waals surface area contributed by atoms with E-state index in [-0.39, 0.29) is 0 Å². The second kappa shape index (κ2) is 5.67. The molecule has 0 aliphatic rings. The Labute approximate surface area is 103 Å². The highest BCUT2D eigenvalue weighted by atomic mass is 14.9. The zero-order valence-corrected chi connectivity index (χ0v) is 10.6. The highest BCUT2D eigenvalue weighted by molar-refractivity contribution is 5.93. The zero-order valence-electron chi connectivity index (χ0n) is 10.6. The van der Waals surface area contributed by atoms with E-state index in [1.807, 2.05) is 12.4 Å². The largest absolute Gasteiger partial charge is 0.382 e. The molecule has 0 saturated heterocycles. The van der Waals surface area contributed by atoms with Crippen LogP contribution in [-0.4, -0.2) is 11.0 Å². The lowest BCUT2D eigenvalue weighted by molar-refractivity contribution is 0.645. The van der Waals surface area contributed by atoms with Crippen LogP contribution in [0.2, 0.25) is 0 Å². The van der Waals surface area contributed by atoms with Gasteiger partial charge in [0.25, 0.3) is 0 Å². The molecular formula is C15H20N2. The van der Waals surface area contributed by atoms with Crippen molar-refractivity contribution in [2.24, 2.45) is 0 Å². The first-order valence-corrected chi connectivity index (χ1v) is 6.40. The SMILES string of the molecule is CCCCC(C)Nc1cccc2ccncc12. The van der Waals surface area contributed by atoms with Crippen LogP contribution >= 0.6 is 0 Å². The van der Waals surface area contributed by atoms with E-state index >= 15 is 0 Å². The number of aromatic nitrogens is 1. The van der Waals surface area contributed by atoms with E-state index in [2.05, 4.69) is 48.4 Å². The number of nitrogens with one attached hydrogen (secondary N) is 1. The lowest BCUT2D eigenvalue weighted by Crippen LogP contribution is -2.14. The van der Waals surface area contributed by atoms with Gasteiger partial charge >= 0.3 is 0 Å². The highest BCUT2D eigenvalue weighted by Gasteiger charge is 2.04. The zero-order chi connectivity index (χ0) is 12.1. The molecule has 1 heterocycles. The molecule has 0 spiro atoms. The molecule has 2 aromatic rings. The summed E-state index contributed by atoms with van der Waals surface area (Å²) in [5.74, 6) is 0. The molecule has 2 nitrogen and oxygen atoms in total. The minimum absolute atomic E-state index is 0.515. The lowest BCUT2D eigenvalue weighted by atomic mass is 10.1. The first kappa shape index (κ1) is 11.9. The number of pyridine rings is 1. The summed E-state index contributed by atoms with van der Waals surface area (Å²) in [6.07, 6.45) is 7.52. The molecule has 1 atom stereocenters. The number of anilines is 1. The van der Waals surface area contributed by atoms with Gasteiger partial charge in [-0.1, -0.05) is 31.9 Å². The quantitative estimate of drug-likeness (QED) is 0.828. The van der Waals surface area contributed by atoms with E-state index in [9.17, 15) is 0 Å². The first-order valence-electron chi connectivity index (χ1n) is 6.40. The summed E-state index contributed by atoms with van der Waals surface area (Å²) in [4.78, 5) is 4.20. The van der Waals surface area contributed by atoms with Crippen molar-refractivity contribution < 1.29 is 0 Å². The number of nitrogens with zero attached hydrogens (tertiary/aromatic N) is 1. The number of fused-ring (bicyclic) bond motifs is 1. The van der Waals surface area contributed by atoms with E-state index in [0.29, 0.717) is 6.04 Å². The molecule has 1 aromatic carbocycles. The van der Waals surface area contributed by atoms with Gasteiger partial charge in [-0.15, -0.1) is 0 Å². The van der Waals surface area contributed by atoms with Crippen molar-refractivity contribution in [1.29, 1.82) is 0 Å². The Morgan fingerprint density at radius 3 is 3.00 bits per heavy atom. The van der Waals surface area contributed by atoms with Crippen LogP contribution < -0.4 is 5.32 Å². The van der Waals surface area contributed by atoms with Crippen molar-refractivity contribution in [2.75, 3.05) is 5.32 Å². The number of hydrogen-bond acceptors (Lipinski definition) is 2. The minimum Gasteiger partial charge on any atom is -0.382 e. The summed E-state index contributed by atoms with van der Waals surface area (Å²) in [5, 5.41) is 6.03. The van der Waals surface area contributed by atoms with Gasteiger partial charge < -0.3 is 5.32 Å². The van der Waals surface area contributed by atoms with Crippen LogP contribution in [-0.2, 0) is 0 Å². The lowest BCUT2D eigenvalue weighted by Gasteiger charge is -2.16. The van der Waals surface area contributed by atoms with Gasteiger partial charge in [-0.25, -0.2) is 0 Å². The Hall–Kier alpha value is -1.57. The molecule has 1 N–H and O–H groups in total. The molecule has 1 unspecified atom stereocenters. The van der Waals surface area contributed by atoms with Gasteiger partial charge in [0.1, 0.15) is 0 Å². The smallest absolute Gasteiger partial charge is 0.0437 e. The average molecular weight is 228 g/mol. The van der Waals surface area contributed by atoms with E-state index in [4.69, 9.17) is 0 Å². The molecule has 0 aliphatic carbocycles. The van der Waals surface area contributed by atoms with Crippen LogP contribution in [0.4, 0.5) is 5.69 Å². The van der Waals surface area contributed by atoms with Crippen LogP contribution in [0.25, 0.3) is 10.8 Å². The number of hydrogen-bond donors (Lipinski definition) is 1. The van der Waals surface area contributed by atoms with E-state index in [0.717, 1.165) is 0 Å². The molecule has 0 saturated carbocycles. The second-order valence-electron chi connectivity index (χ2n) is 4.59. The summed E-state index contributed by atoms with van der Waals surface area (Å²) < 4.78 is 0. The maximum atomic E-state index is 4.20. The molecule has 17 heavy (non-hydrogen) atoms. The Balaban J connectivity index is 2.18. The normalized spacial score (nSPS) is 12.6. The van der Waals surface area contributed by atoms with Gasteiger partial charge in [-0.2, -0.15) is 0 Å². The predicted octanol–water partition coefficient (Wildman–Crippen LogP) is 4.23. The van der Waals surface area contributed by atoms with Crippen LogP contribution in [0.5, 0.6) is 0 Å². The van der Waals surface area contributed by atoms with Crippen molar-refractivity contribution in [1.82, 2.24) is 4.98 Å². The van der Waals surface area contributed by atoms with Crippen molar-refractivity contribution in [2.45, 2.75) is 39.2 Å². The van der Waals surface area contributed by atoms with Crippen molar-refractivity contribution in [3.63, 3.8) is 0 Å². The average Bonchev–Trinajstić information content (AvgIpc) is 2.37. The van der Waals surface area contributed by atoms with Gasteiger partial charge in [0.2, 0.25) is 0 Å². The molecule has 2 rings (SSSR count). The van der Waals surface area contributed by atoms with Gasteiger partial charge in [-0.05, 0) is 30.9 Å². The van der Waals surface area contributed by atoms with Crippen molar-refractivity contribution in [3.8, 4) is 0 Å². The van der Waals surface area contributed by atoms with Crippen molar-refractivity contribution in [3.05, 3.63) is 36.7 Å². The van der Waals surface area contributed by atoms with Crippen molar-refractivity contribution >= 4 is 16.5 Å². The Kier molecular flexibility index (Phi) is 3.97. The van der Waals surface area contributed by atoms with E-state index in [1.165, 1.54) is 35.7 Å². The summed E-state index contributed by atoms with van der Waals surface area (Å²) in [5.41, 5.74) is 1.19. The second-order valence-corrected chi connectivity index (χ2v) is 4.59. The fourth-order valence-corrected chi connectivity index (χ4v) is 2.09. The number of unbranched alkanes of at least 4 members (excludes halogenated alkanes) is 1. The van der Waals surface area contributed by atoms with E-state index < -0.39 is 0 Å². The number of rotatable bonds is 5. The van der Waals surface area contributed by atoms with Gasteiger partial charge in [0, 0.05) is 29.5 Å². The molecule has 90 valence electrons. The molecule has 0 aliphatic heterocycles. The fourth-order valence-electron chi connectivity index (χ4n) is 2.09. The predicted molar refractivity (Wildman–Crippen MR) is 74.4 cm³/mol. The summed E-state index contributed by atoms with van der Waals surface area (Å²) in [6, 6.07) is 8.92. The molecule has 0 fully saturated rings. The molecule has 1 aromatic heterocycles. The molecule has 0 amide bonds. The summed E-state index contributed by atoms with van der Waals surface area (Å²) in [6.45, 7) is 4.47. The Morgan fingerprint density at radius 2 is 2.18 bits per heavy atom.